The van der Waals surface area contributed by atoms with Crippen LogP contribution in [0.15, 0.2) is 18.3 Å². The van der Waals surface area contributed by atoms with Gasteiger partial charge in [-0.3, -0.25) is 0 Å². The molecule has 0 saturated heterocycles. The third-order valence-electron chi connectivity index (χ3n) is 1.66. The molecule has 0 fully saturated rings. The van der Waals surface area contributed by atoms with Gasteiger partial charge in [-0.2, -0.15) is 0 Å². The Morgan fingerprint density at radius 3 is 2.58 bits per heavy atom. The van der Waals surface area contributed by atoms with Crippen molar-refractivity contribution in [3.63, 3.8) is 0 Å². The zero-order chi connectivity index (χ0) is 9.19. The second-order valence-corrected chi connectivity index (χ2v) is 18.1. The van der Waals surface area contributed by atoms with E-state index in [-0.39, 0.29) is 0 Å². The summed E-state index contributed by atoms with van der Waals surface area (Å²) in [7, 11) is 0. The molecule has 0 aromatic carbocycles. The molecular formula is C9H12N2Sn. The van der Waals surface area contributed by atoms with Gasteiger partial charge in [-0.05, 0) is 0 Å². The Kier molecular flexibility index (Phi) is 2.73. The molecule has 0 aliphatic heterocycles. The first-order valence-corrected chi connectivity index (χ1v) is 13.9. The second-order valence-electron chi connectivity index (χ2n) is 3.79. The normalized spacial score (nSPS) is 10.8. The van der Waals surface area contributed by atoms with Crippen LogP contribution in [0, 0.1) is 11.3 Å². The summed E-state index contributed by atoms with van der Waals surface area (Å²) in [5, 5.41) is 8.67. The molecule has 0 saturated carbocycles. The van der Waals surface area contributed by atoms with E-state index in [1.165, 1.54) is 3.71 Å². The van der Waals surface area contributed by atoms with Gasteiger partial charge < -0.3 is 0 Å². The van der Waals surface area contributed by atoms with Crippen molar-refractivity contribution in [2.24, 2.45) is 0 Å². The van der Waals surface area contributed by atoms with Crippen LogP contribution in [0.2, 0.25) is 14.8 Å². The van der Waals surface area contributed by atoms with E-state index in [2.05, 4.69) is 25.9 Å². The van der Waals surface area contributed by atoms with Crippen LogP contribution in [0.1, 0.15) is 5.56 Å². The molecule has 1 rings (SSSR count). The summed E-state index contributed by atoms with van der Waals surface area (Å²) in [6.07, 6.45) is 1.73. The standard InChI is InChI=1S/C6H3N2.3CH3.Sn/c7-5-6-1-3-8-4-2-6;;;;/h1-3H;3*1H3;. The number of rotatable bonds is 1. The Morgan fingerprint density at radius 2 is 2.08 bits per heavy atom. The molecule has 0 amide bonds. The first-order valence-electron chi connectivity index (χ1n) is 3.90. The molecule has 0 radical (unpaired) electrons. The van der Waals surface area contributed by atoms with E-state index in [0.29, 0.717) is 0 Å². The van der Waals surface area contributed by atoms with E-state index in [0.717, 1.165) is 5.56 Å². The van der Waals surface area contributed by atoms with Crippen molar-refractivity contribution in [3.8, 4) is 6.07 Å². The van der Waals surface area contributed by atoms with Gasteiger partial charge in [-0.25, -0.2) is 0 Å². The van der Waals surface area contributed by atoms with Gasteiger partial charge in [0.05, 0.1) is 0 Å². The van der Waals surface area contributed by atoms with E-state index in [9.17, 15) is 0 Å². The first-order chi connectivity index (χ1) is 5.54. The molecule has 1 aromatic heterocycles. The zero-order valence-electron chi connectivity index (χ0n) is 7.63. The Bertz CT molecular complexity index is 320. The van der Waals surface area contributed by atoms with Crippen LogP contribution >= 0.6 is 0 Å². The van der Waals surface area contributed by atoms with Crippen molar-refractivity contribution >= 4 is 22.1 Å². The number of nitrogens with zero attached hydrogens (tertiary/aromatic N) is 2. The molecule has 0 spiro atoms. The Labute approximate surface area is 77.1 Å². The molecule has 0 atom stereocenters. The summed E-state index contributed by atoms with van der Waals surface area (Å²) in [4.78, 5) is 11.2. The fourth-order valence-corrected chi connectivity index (χ4v) is 3.91. The SMILES string of the molecule is [CH3][Sn]([CH3])([CH3])[c]1cc(C#N)ccn1. The second kappa shape index (κ2) is 3.44. The van der Waals surface area contributed by atoms with Crippen LogP contribution in [0.4, 0.5) is 0 Å². The van der Waals surface area contributed by atoms with Gasteiger partial charge >= 0.3 is 77.1 Å². The van der Waals surface area contributed by atoms with Crippen LogP contribution in [-0.4, -0.2) is 23.4 Å². The fraction of sp³-hybridized carbons (Fsp3) is 0.333. The average molecular weight is 267 g/mol. The van der Waals surface area contributed by atoms with Crippen molar-refractivity contribution in [1.82, 2.24) is 4.98 Å². The number of nitriles is 1. The molecule has 1 aromatic rings. The van der Waals surface area contributed by atoms with Crippen LogP contribution in [-0.2, 0) is 0 Å². The zero-order valence-corrected chi connectivity index (χ0v) is 10.5. The van der Waals surface area contributed by atoms with E-state index in [4.69, 9.17) is 5.26 Å². The monoisotopic (exact) mass is 268 g/mol. The maximum atomic E-state index is 8.67. The molecule has 0 bridgehead atoms. The molecule has 62 valence electrons. The van der Waals surface area contributed by atoms with Crippen LogP contribution in [0.3, 0.4) is 0 Å². The van der Waals surface area contributed by atoms with Crippen molar-refractivity contribution in [3.05, 3.63) is 23.9 Å². The number of hydrogen-bond acceptors (Lipinski definition) is 2. The Hall–Kier alpha value is -0.561. The predicted molar refractivity (Wildman–Crippen MR) is 51.9 cm³/mol. The molecule has 3 heteroatoms. The Morgan fingerprint density at radius 1 is 1.42 bits per heavy atom. The van der Waals surface area contributed by atoms with Gasteiger partial charge in [0.15, 0.2) is 0 Å². The van der Waals surface area contributed by atoms with Gasteiger partial charge in [0, 0.05) is 0 Å². The van der Waals surface area contributed by atoms with Crippen molar-refractivity contribution in [2.45, 2.75) is 14.8 Å². The van der Waals surface area contributed by atoms with E-state index >= 15 is 0 Å². The molecule has 0 N–H and O–H groups in total. The topological polar surface area (TPSA) is 36.7 Å². The van der Waals surface area contributed by atoms with Gasteiger partial charge in [0.2, 0.25) is 0 Å². The minimum atomic E-state index is -2.04. The van der Waals surface area contributed by atoms with Crippen LogP contribution in [0.5, 0.6) is 0 Å². The molecule has 2 nitrogen and oxygen atoms in total. The van der Waals surface area contributed by atoms with E-state index in [1.807, 2.05) is 6.07 Å². The minimum absolute atomic E-state index is 0.728. The summed E-state index contributed by atoms with van der Waals surface area (Å²) < 4.78 is 1.17. The first kappa shape index (κ1) is 9.53. The van der Waals surface area contributed by atoms with Gasteiger partial charge in [0.1, 0.15) is 0 Å². The molecular weight excluding hydrogens is 255 g/mol. The van der Waals surface area contributed by atoms with Crippen molar-refractivity contribution in [2.75, 3.05) is 0 Å². The summed E-state index contributed by atoms with van der Waals surface area (Å²) in [6.45, 7) is 0. The number of hydrogen-bond donors (Lipinski definition) is 0. The maximum absolute atomic E-state index is 8.67. The average Bonchev–Trinajstić information content (AvgIpc) is 2.03. The summed E-state index contributed by atoms with van der Waals surface area (Å²) in [6, 6.07) is 5.81. The molecule has 0 unspecified atom stereocenters. The third-order valence-corrected chi connectivity index (χ3v) is 6.82. The molecule has 0 aliphatic carbocycles. The summed E-state index contributed by atoms with van der Waals surface area (Å²) in [5.74, 6) is 0. The van der Waals surface area contributed by atoms with Crippen molar-refractivity contribution in [1.29, 1.82) is 5.26 Å². The number of aromatic nitrogens is 1. The van der Waals surface area contributed by atoms with Crippen molar-refractivity contribution < 1.29 is 0 Å². The van der Waals surface area contributed by atoms with Gasteiger partial charge in [0.25, 0.3) is 0 Å². The van der Waals surface area contributed by atoms with Crippen LogP contribution < -0.4 is 3.71 Å². The fourth-order valence-electron chi connectivity index (χ4n) is 0.910. The summed E-state index contributed by atoms with van der Waals surface area (Å²) >= 11 is -2.04. The van der Waals surface area contributed by atoms with E-state index in [1.54, 1.807) is 12.3 Å². The quantitative estimate of drug-likeness (QED) is 0.723. The summed E-state index contributed by atoms with van der Waals surface area (Å²) in [5.41, 5.74) is 0.728. The van der Waals surface area contributed by atoms with Gasteiger partial charge in [-0.15, -0.1) is 0 Å². The molecule has 1 heterocycles. The third kappa shape index (κ3) is 2.21. The van der Waals surface area contributed by atoms with Crippen LogP contribution in [0.25, 0.3) is 0 Å². The van der Waals surface area contributed by atoms with Gasteiger partial charge in [-0.1, -0.05) is 0 Å². The molecule has 12 heavy (non-hydrogen) atoms. The number of pyridine rings is 1. The predicted octanol–water partition coefficient (Wildman–Crippen LogP) is 1.50. The Balaban J connectivity index is 3.13. The van der Waals surface area contributed by atoms with E-state index < -0.39 is 18.4 Å². The molecule has 0 aliphatic rings.